The van der Waals surface area contributed by atoms with E-state index in [0.717, 1.165) is 11.1 Å². The molecule has 3 rings (SSSR count). The van der Waals surface area contributed by atoms with Crippen LogP contribution in [-0.2, 0) is 21.2 Å². The molecule has 0 heterocycles. The van der Waals surface area contributed by atoms with Gasteiger partial charge in [0.1, 0.15) is 4.90 Å². The highest BCUT2D eigenvalue weighted by Crippen LogP contribution is 2.29. The first-order valence-corrected chi connectivity index (χ1v) is 11.9. The molecule has 3 aromatic carbocycles. The molecule has 0 atom stereocenters. The summed E-state index contributed by atoms with van der Waals surface area (Å²) in [6.45, 7) is -0.516. The zero-order valence-corrected chi connectivity index (χ0v) is 19.7. The minimum atomic E-state index is -4.09. The molecule has 0 saturated carbocycles. The van der Waals surface area contributed by atoms with Crippen molar-refractivity contribution in [3.63, 3.8) is 0 Å². The topological polar surface area (TPSA) is 75.3 Å². The van der Waals surface area contributed by atoms with Crippen LogP contribution in [-0.4, -0.2) is 20.9 Å². The molecule has 10 heteroatoms. The standard InChI is InChI=1S/C21H16Cl4N2O3S/c22-15-8-9-19(14(11-15)10-13-4-1-2-5-16(13)23)27-20(28)12-26-31(29,30)21-17(24)6-3-7-18(21)25/h1-9,11,26H,10,12H2,(H,27,28). The van der Waals surface area contributed by atoms with Crippen molar-refractivity contribution in [3.8, 4) is 0 Å². The lowest BCUT2D eigenvalue weighted by atomic mass is 10.0. The van der Waals surface area contributed by atoms with Crippen LogP contribution in [0.3, 0.4) is 0 Å². The van der Waals surface area contributed by atoms with Gasteiger partial charge in [-0.1, -0.05) is 70.7 Å². The van der Waals surface area contributed by atoms with Crippen LogP contribution in [0.4, 0.5) is 5.69 Å². The van der Waals surface area contributed by atoms with E-state index in [9.17, 15) is 13.2 Å². The summed E-state index contributed by atoms with van der Waals surface area (Å²) in [5, 5.41) is 3.70. The molecule has 0 saturated heterocycles. The average molecular weight is 518 g/mol. The Hall–Kier alpha value is -1.80. The smallest absolute Gasteiger partial charge is 0.244 e. The Balaban J connectivity index is 1.74. The van der Waals surface area contributed by atoms with Crippen LogP contribution in [0.5, 0.6) is 0 Å². The lowest BCUT2D eigenvalue weighted by molar-refractivity contribution is -0.115. The molecule has 3 aromatic rings. The average Bonchev–Trinajstić information content (AvgIpc) is 2.70. The van der Waals surface area contributed by atoms with E-state index < -0.39 is 22.5 Å². The fourth-order valence-corrected chi connectivity index (χ4v) is 5.36. The molecule has 0 spiro atoms. The number of sulfonamides is 1. The maximum absolute atomic E-state index is 12.5. The maximum Gasteiger partial charge on any atom is 0.244 e. The molecular formula is C21H16Cl4N2O3S. The largest absolute Gasteiger partial charge is 0.325 e. The normalized spacial score (nSPS) is 11.4. The lowest BCUT2D eigenvalue weighted by Gasteiger charge is -2.14. The Bertz CT molecular complexity index is 1210. The number of carbonyl (C=O) groups excluding carboxylic acids is 1. The quantitative estimate of drug-likeness (QED) is 0.415. The predicted molar refractivity (Wildman–Crippen MR) is 126 cm³/mol. The van der Waals surface area contributed by atoms with Crippen molar-refractivity contribution in [2.75, 3.05) is 11.9 Å². The number of benzene rings is 3. The fraction of sp³-hybridized carbons (Fsp3) is 0.0952. The molecule has 0 aliphatic carbocycles. The SMILES string of the molecule is O=C(CNS(=O)(=O)c1c(Cl)cccc1Cl)Nc1ccc(Cl)cc1Cc1ccccc1Cl. The second-order valence-electron chi connectivity index (χ2n) is 6.49. The van der Waals surface area contributed by atoms with Crippen LogP contribution >= 0.6 is 46.4 Å². The second-order valence-corrected chi connectivity index (χ2v) is 9.85. The van der Waals surface area contributed by atoms with Crippen LogP contribution in [0.2, 0.25) is 20.1 Å². The Morgan fingerprint density at radius 1 is 0.806 bits per heavy atom. The monoisotopic (exact) mass is 516 g/mol. The molecule has 1 amide bonds. The minimum Gasteiger partial charge on any atom is -0.325 e. The van der Waals surface area contributed by atoms with Gasteiger partial charge in [-0.05, 0) is 47.5 Å². The van der Waals surface area contributed by atoms with Gasteiger partial charge in [-0.3, -0.25) is 4.79 Å². The number of amides is 1. The van der Waals surface area contributed by atoms with Gasteiger partial charge < -0.3 is 5.32 Å². The molecule has 0 radical (unpaired) electrons. The highest BCUT2D eigenvalue weighted by molar-refractivity contribution is 7.89. The molecule has 0 aliphatic heterocycles. The van der Waals surface area contributed by atoms with Crippen LogP contribution in [0.15, 0.2) is 65.6 Å². The van der Waals surface area contributed by atoms with E-state index in [0.29, 0.717) is 22.2 Å². The fourth-order valence-electron chi connectivity index (χ4n) is 2.84. The molecule has 0 aliphatic rings. The molecule has 0 bridgehead atoms. The van der Waals surface area contributed by atoms with E-state index in [-0.39, 0.29) is 14.9 Å². The number of anilines is 1. The van der Waals surface area contributed by atoms with Gasteiger partial charge in [0, 0.05) is 22.2 Å². The van der Waals surface area contributed by atoms with Crippen molar-refractivity contribution < 1.29 is 13.2 Å². The molecule has 31 heavy (non-hydrogen) atoms. The van der Waals surface area contributed by atoms with E-state index in [1.807, 2.05) is 18.2 Å². The predicted octanol–water partition coefficient (Wildman–Crippen LogP) is 5.81. The van der Waals surface area contributed by atoms with Crippen molar-refractivity contribution >= 4 is 68.0 Å². The summed E-state index contributed by atoms with van der Waals surface area (Å²) < 4.78 is 27.3. The maximum atomic E-state index is 12.5. The van der Waals surface area contributed by atoms with Gasteiger partial charge in [0.25, 0.3) is 0 Å². The summed E-state index contributed by atoms with van der Waals surface area (Å²) in [5.74, 6) is -0.575. The van der Waals surface area contributed by atoms with Crippen molar-refractivity contribution in [2.24, 2.45) is 0 Å². The highest BCUT2D eigenvalue weighted by Gasteiger charge is 2.22. The first-order valence-electron chi connectivity index (χ1n) is 8.93. The summed E-state index contributed by atoms with van der Waals surface area (Å²) >= 11 is 24.3. The van der Waals surface area contributed by atoms with Crippen molar-refractivity contribution in [1.82, 2.24) is 4.72 Å². The summed E-state index contributed by atoms with van der Waals surface area (Å²) in [6, 6.07) is 16.6. The zero-order chi connectivity index (χ0) is 22.6. The van der Waals surface area contributed by atoms with E-state index in [1.54, 1.807) is 24.3 Å². The number of nitrogens with one attached hydrogen (secondary N) is 2. The molecule has 0 unspecified atom stereocenters. The number of hydrogen-bond acceptors (Lipinski definition) is 3. The van der Waals surface area contributed by atoms with Gasteiger partial charge in [-0.2, -0.15) is 0 Å². The highest BCUT2D eigenvalue weighted by atomic mass is 35.5. The molecule has 2 N–H and O–H groups in total. The van der Waals surface area contributed by atoms with E-state index >= 15 is 0 Å². The number of hydrogen-bond donors (Lipinski definition) is 2. The van der Waals surface area contributed by atoms with Crippen LogP contribution in [0.1, 0.15) is 11.1 Å². The Labute approximate surface area is 200 Å². The third-order valence-corrected chi connectivity index (χ3v) is 7.25. The van der Waals surface area contributed by atoms with Crippen molar-refractivity contribution in [2.45, 2.75) is 11.3 Å². The Morgan fingerprint density at radius 3 is 2.13 bits per heavy atom. The molecular weight excluding hydrogens is 502 g/mol. The Morgan fingerprint density at radius 2 is 1.45 bits per heavy atom. The van der Waals surface area contributed by atoms with Crippen molar-refractivity contribution in [1.29, 1.82) is 0 Å². The van der Waals surface area contributed by atoms with E-state index in [4.69, 9.17) is 46.4 Å². The van der Waals surface area contributed by atoms with Gasteiger partial charge in [-0.25, -0.2) is 13.1 Å². The van der Waals surface area contributed by atoms with Crippen LogP contribution in [0.25, 0.3) is 0 Å². The van der Waals surface area contributed by atoms with E-state index in [1.165, 1.54) is 18.2 Å². The van der Waals surface area contributed by atoms with Gasteiger partial charge in [0.05, 0.1) is 16.6 Å². The summed E-state index contributed by atoms with van der Waals surface area (Å²) in [4.78, 5) is 12.2. The second kappa shape index (κ2) is 10.2. The third kappa shape index (κ3) is 6.13. The van der Waals surface area contributed by atoms with Gasteiger partial charge in [0.15, 0.2) is 0 Å². The first kappa shape index (κ1) is 23.9. The zero-order valence-electron chi connectivity index (χ0n) is 15.8. The summed E-state index contributed by atoms with van der Waals surface area (Å²) in [5.41, 5.74) is 2.08. The summed E-state index contributed by atoms with van der Waals surface area (Å²) in [7, 11) is -4.09. The van der Waals surface area contributed by atoms with Gasteiger partial charge >= 0.3 is 0 Å². The number of rotatable bonds is 7. The van der Waals surface area contributed by atoms with Gasteiger partial charge in [0.2, 0.25) is 15.9 Å². The number of halogens is 4. The van der Waals surface area contributed by atoms with Gasteiger partial charge in [-0.15, -0.1) is 0 Å². The molecule has 5 nitrogen and oxygen atoms in total. The molecule has 0 fully saturated rings. The van der Waals surface area contributed by atoms with Crippen molar-refractivity contribution in [3.05, 3.63) is 91.9 Å². The van der Waals surface area contributed by atoms with Crippen LogP contribution in [0, 0.1) is 0 Å². The molecule has 162 valence electrons. The van der Waals surface area contributed by atoms with E-state index in [2.05, 4.69) is 10.0 Å². The minimum absolute atomic E-state index is 0.0415. The first-order chi connectivity index (χ1) is 14.7. The lowest BCUT2D eigenvalue weighted by Crippen LogP contribution is -2.33. The Kier molecular flexibility index (Phi) is 7.86. The number of carbonyl (C=O) groups is 1. The third-order valence-electron chi connectivity index (χ3n) is 4.29. The van der Waals surface area contributed by atoms with Crippen LogP contribution < -0.4 is 10.0 Å². The molecule has 0 aromatic heterocycles. The summed E-state index contributed by atoms with van der Waals surface area (Å²) in [6.07, 6.45) is 0.427.